The molecule has 3 N–H and O–H groups in total. The maximum Gasteiger partial charge on any atom is 0.266 e. The number of epoxide rings is 1. The molecular weight excluding hydrogens is 1020 g/mol. The Balaban J connectivity index is 0.000000233. The first-order valence-electron chi connectivity index (χ1n) is 23.2. The van der Waals surface area contributed by atoms with Crippen molar-refractivity contribution in [1.29, 1.82) is 0 Å². The highest BCUT2D eigenvalue weighted by Gasteiger charge is 2.67. The van der Waals surface area contributed by atoms with Gasteiger partial charge in [0.15, 0.2) is 6.10 Å². The summed E-state index contributed by atoms with van der Waals surface area (Å²) in [5.74, 6) is 1.51. The number of fused-ring (bicyclic) bond motifs is 4. The molecule has 0 spiro atoms. The second kappa shape index (κ2) is 20.5. The Morgan fingerprint density at radius 3 is 1.75 bits per heavy atom. The van der Waals surface area contributed by atoms with Crippen molar-refractivity contribution < 1.29 is 50.4 Å². The zero-order valence-electron chi connectivity index (χ0n) is 43.0. The summed E-state index contributed by atoms with van der Waals surface area (Å²) in [5, 5.41) is 27.5. The first kappa shape index (κ1) is 59.4. The van der Waals surface area contributed by atoms with Gasteiger partial charge >= 0.3 is 0 Å². The van der Waals surface area contributed by atoms with E-state index in [9.17, 15) is 41.4 Å². The molecule has 1 fully saturated rings. The van der Waals surface area contributed by atoms with Gasteiger partial charge in [0.25, 0.3) is 16.7 Å². The lowest BCUT2D eigenvalue weighted by Crippen LogP contribution is -2.59. The molecule has 3 aliphatic heterocycles. The van der Waals surface area contributed by atoms with Crippen LogP contribution < -0.4 is 35.3 Å². The zero-order valence-corrected chi connectivity index (χ0v) is 45.6. The van der Waals surface area contributed by atoms with E-state index < -0.39 is 56.5 Å². The van der Waals surface area contributed by atoms with Gasteiger partial charge in [0, 0.05) is 49.5 Å². The summed E-state index contributed by atoms with van der Waals surface area (Å²) in [6.45, 7) is 21.7. The van der Waals surface area contributed by atoms with Gasteiger partial charge in [-0.05, 0) is 132 Å². The number of aromatic hydroxyl groups is 1. The van der Waals surface area contributed by atoms with Crippen LogP contribution in [0, 0.1) is 0 Å². The van der Waals surface area contributed by atoms with Gasteiger partial charge in [-0.2, -0.15) is 0 Å². The number of aryl methyl sites for hydroxylation is 2. The lowest BCUT2D eigenvalue weighted by molar-refractivity contribution is -0.175. The number of phenolic OH excluding ortho intramolecular Hbond substituents is 1. The minimum Gasteiger partial charge on any atom is -0.543 e. The SMILES string of the molecule is C.C.CC1(C)Oc2ccc(S(=O)(=O)c3cccc(O[Si](C)(C)C(C)(C)C)c3)cc2[C@@H]2O[C@@]21C.Cn1[nH]c(=O)ccc1=O.Cn1nc(O[C@@H]2c3cc(S(=O)(=O)c4cccc(O)c4)ccc3OC(C)(C)[C@@]2(C)O)ccc1=O. The van der Waals surface area contributed by atoms with Crippen LogP contribution in [0.15, 0.2) is 143 Å². The second-order valence-corrected chi connectivity index (χ2v) is 29.7. The molecule has 5 heterocycles. The van der Waals surface area contributed by atoms with Gasteiger partial charge in [-0.3, -0.25) is 24.2 Å². The number of nitrogens with one attached hydrogen (secondary N) is 1. The zero-order chi connectivity index (χ0) is 54.1. The summed E-state index contributed by atoms with van der Waals surface area (Å²) in [6.07, 6.45) is -1.23. The molecule has 4 atom stereocenters. The molecule has 9 rings (SSSR count). The number of hydrogen-bond acceptors (Lipinski definition) is 15. The first-order valence-corrected chi connectivity index (χ1v) is 29.1. The molecule has 0 aliphatic carbocycles. The van der Waals surface area contributed by atoms with Gasteiger partial charge in [-0.25, -0.2) is 21.5 Å². The number of H-pyrrole nitrogens is 1. The molecule has 3 aliphatic rings. The van der Waals surface area contributed by atoms with E-state index in [1.54, 1.807) is 50.2 Å². The van der Waals surface area contributed by atoms with Crippen LogP contribution in [0.3, 0.4) is 0 Å². The van der Waals surface area contributed by atoms with Crippen LogP contribution in [-0.4, -0.2) is 77.3 Å². The fourth-order valence-electron chi connectivity index (χ4n) is 7.82. The molecular formula is C54H70N4O14S2Si. The largest absolute Gasteiger partial charge is 0.543 e. The normalized spacial score (nSPS) is 20.8. The van der Waals surface area contributed by atoms with E-state index in [1.807, 2.05) is 26.8 Å². The third-order valence-electron chi connectivity index (χ3n) is 14.2. The molecule has 4 aromatic carbocycles. The number of phenols is 1. The maximum atomic E-state index is 13.4. The number of ether oxygens (including phenoxy) is 4. The van der Waals surface area contributed by atoms with Crippen molar-refractivity contribution in [3.8, 4) is 28.9 Å². The van der Waals surface area contributed by atoms with Crippen molar-refractivity contribution in [1.82, 2.24) is 19.6 Å². The van der Waals surface area contributed by atoms with Crippen LogP contribution in [0.25, 0.3) is 0 Å². The van der Waals surface area contributed by atoms with E-state index in [1.165, 1.54) is 81.7 Å². The smallest absolute Gasteiger partial charge is 0.266 e. The fraction of sp³-hybridized carbons (Fsp3) is 0.407. The summed E-state index contributed by atoms with van der Waals surface area (Å²) in [5.41, 5.74) is -3.35. The summed E-state index contributed by atoms with van der Waals surface area (Å²) >= 11 is 0. The number of nitrogens with zero attached hydrogens (tertiary/aromatic N) is 3. The van der Waals surface area contributed by atoms with E-state index in [0.29, 0.717) is 22.8 Å². The van der Waals surface area contributed by atoms with Crippen LogP contribution >= 0.6 is 0 Å². The molecule has 18 nitrogen and oxygen atoms in total. The molecule has 2 aromatic heterocycles. The molecule has 1 saturated heterocycles. The molecule has 0 radical (unpaired) electrons. The number of sulfone groups is 2. The lowest BCUT2D eigenvalue weighted by atomic mass is 9.77. The lowest BCUT2D eigenvalue weighted by Gasteiger charge is -2.48. The van der Waals surface area contributed by atoms with E-state index in [2.05, 4.69) is 44.1 Å². The Hall–Kier alpha value is -6.52. The van der Waals surface area contributed by atoms with Crippen LogP contribution in [0.2, 0.25) is 18.1 Å². The van der Waals surface area contributed by atoms with Crippen LogP contribution in [0.5, 0.6) is 28.9 Å². The number of hydrogen-bond donors (Lipinski definition) is 3. The Bertz CT molecular complexity index is 3530. The standard InChI is InChI=1S/C24H32O5SSi.C23H24N2O7S.C5H6N2O2.2CH4/c1-22(2,3)31(7,8)29-16-10-9-11-17(14-16)30(25,26)18-12-13-20-19(15-18)21-24(6,28-21)23(4,5)27-20;1-22(2)23(3,28)21(31-19-10-11-20(27)25(4)24-19)17-13-16(8-9-18(17)32-22)33(29,30)15-7-5-6-14(26)12-15;1-7-5(9)3-2-4(8)6-7;;/h9-15,21H,1-8H3;5-13,21,26,28H,1-4H3;2-3H,1H3,(H,6,8);2*1H4/t21-,24-;21-,23+;;;/m01.../s1. The van der Waals surface area contributed by atoms with Gasteiger partial charge < -0.3 is 33.6 Å². The third kappa shape index (κ3) is 11.5. The number of aromatic amines is 1. The van der Waals surface area contributed by atoms with E-state index >= 15 is 0 Å². The molecule has 75 heavy (non-hydrogen) atoms. The molecule has 6 aromatic rings. The minimum absolute atomic E-state index is 0. The number of aliphatic hydroxyl groups is 1. The quantitative estimate of drug-likeness (QED) is 0.0954. The maximum absolute atomic E-state index is 13.4. The summed E-state index contributed by atoms with van der Waals surface area (Å²) in [6, 6.07) is 26.6. The van der Waals surface area contributed by atoms with Crippen LogP contribution in [0.4, 0.5) is 0 Å². The highest BCUT2D eigenvalue weighted by molar-refractivity contribution is 7.91. The topological polar surface area (TPSA) is 248 Å². The molecule has 0 unspecified atom stereocenters. The Morgan fingerprint density at radius 1 is 0.680 bits per heavy atom. The molecule has 0 amide bonds. The van der Waals surface area contributed by atoms with E-state index in [0.717, 1.165) is 21.0 Å². The van der Waals surface area contributed by atoms with E-state index in [-0.39, 0.29) is 73.9 Å². The Morgan fingerprint density at radius 2 is 1.20 bits per heavy atom. The average Bonchev–Trinajstić information content (AvgIpc) is 4.01. The van der Waals surface area contributed by atoms with Gasteiger partial charge in [0.2, 0.25) is 33.9 Å². The van der Waals surface area contributed by atoms with Crippen molar-refractivity contribution in [2.24, 2.45) is 14.1 Å². The highest BCUT2D eigenvalue weighted by atomic mass is 32.2. The highest BCUT2D eigenvalue weighted by Crippen LogP contribution is 2.62. The number of rotatable bonds is 8. The fourth-order valence-corrected chi connectivity index (χ4v) is 11.5. The predicted molar refractivity (Wildman–Crippen MR) is 287 cm³/mol. The predicted octanol–water partition coefficient (Wildman–Crippen LogP) is 8.61. The molecule has 21 heteroatoms. The van der Waals surface area contributed by atoms with E-state index in [4.69, 9.17) is 23.4 Å². The van der Waals surface area contributed by atoms with Crippen LogP contribution in [-0.2, 0) is 38.5 Å². The Kier molecular flexibility index (Phi) is 16.3. The minimum atomic E-state index is -3.98. The number of aromatic nitrogens is 4. The average molecular weight is 1090 g/mol. The molecule has 406 valence electrons. The monoisotopic (exact) mass is 1090 g/mol. The van der Waals surface area contributed by atoms with Crippen molar-refractivity contribution in [2.45, 2.75) is 149 Å². The van der Waals surface area contributed by atoms with Gasteiger partial charge in [-0.15, -0.1) is 5.10 Å². The van der Waals surface area contributed by atoms with Crippen LogP contribution in [0.1, 0.15) is 101 Å². The molecule has 0 bridgehead atoms. The first-order chi connectivity index (χ1) is 33.6. The van der Waals surface area contributed by atoms with Gasteiger partial charge in [0.1, 0.15) is 51.5 Å². The summed E-state index contributed by atoms with van der Waals surface area (Å²) in [4.78, 5) is 33.0. The summed E-state index contributed by atoms with van der Waals surface area (Å²) in [7, 11) is -6.82. The third-order valence-corrected chi connectivity index (χ3v) is 22.0. The van der Waals surface area contributed by atoms with Crippen molar-refractivity contribution in [2.75, 3.05) is 0 Å². The van der Waals surface area contributed by atoms with Gasteiger partial charge in [-0.1, -0.05) is 47.8 Å². The number of benzene rings is 4. The summed E-state index contributed by atoms with van der Waals surface area (Å²) < 4.78 is 85.9. The van der Waals surface area contributed by atoms with Gasteiger partial charge in [0.05, 0.1) is 19.6 Å². The van der Waals surface area contributed by atoms with Crippen molar-refractivity contribution >= 4 is 28.0 Å². The Labute approximate surface area is 439 Å². The molecule has 0 saturated carbocycles. The van der Waals surface area contributed by atoms with Crippen molar-refractivity contribution in [3.63, 3.8) is 0 Å². The van der Waals surface area contributed by atoms with Crippen molar-refractivity contribution in [3.05, 3.63) is 151 Å². The second-order valence-electron chi connectivity index (χ2n) is 21.1.